The van der Waals surface area contributed by atoms with Crippen LogP contribution in [0.4, 0.5) is 10.8 Å². The summed E-state index contributed by atoms with van der Waals surface area (Å²) in [6.07, 6.45) is 0. The summed E-state index contributed by atoms with van der Waals surface area (Å²) in [7, 11) is 0. The Balaban J connectivity index is 1.64. The van der Waals surface area contributed by atoms with Crippen molar-refractivity contribution in [2.75, 3.05) is 5.32 Å². The molecule has 0 atom stereocenters. The maximum atomic E-state index is 7.43. The van der Waals surface area contributed by atoms with Crippen LogP contribution < -0.4 is 11.1 Å². The smallest absolute Gasteiger partial charge is 0.187 e. The molecule has 0 amide bonds. The SMILES string of the molecule is N=C(N)c1cc(SCc2csc(Nc3c(Cl)cccc3Cl)n2)cs1. The number of thiophene rings is 1. The lowest BCUT2D eigenvalue weighted by atomic mass is 10.3. The van der Waals surface area contributed by atoms with Crippen LogP contribution in [0.25, 0.3) is 0 Å². The van der Waals surface area contributed by atoms with Crippen molar-refractivity contribution in [2.24, 2.45) is 5.73 Å². The van der Waals surface area contributed by atoms with Gasteiger partial charge in [-0.3, -0.25) is 5.41 Å². The number of rotatable bonds is 6. The molecular weight excluding hydrogens is 403 g/mol. The van der Waals surface area contributed by atoms with Gasteiger partial charge in [0, 0.05) is 21.4 Å². The topological polar surface area (TPSA) is 74.8 Å². The van der Waals surface area contributed by atoms with Crippen molar-refractivity contribution in [1.82, 2.24) is 4.98 Å². The van der Waals surface area contributed by atoms with Gasteiger partial charge < -0.3 is 11.1 Å². The third kappa shape index (κ3) is 4.23. The van der Waals surface area contributed by atoms with Crippen LogP contribution in [0.1, 0.15) is 10.6 Å². The summed E-state index contributed by atoms with van der Waals surface area (Å²) in [6.45, 7) is 0. The van der Waals surface area contributed by atoms with Crippen LogP contribution in [-0.4, -0.2) is 10.8 Å². The predicted octanol–water partition coefficient (Wildman–Crippen LogP) is 5.83. The Morgan fingerprint density at radius 3 is 2.67 bits per heavy atom. The van der Waals surface area contributed by atoms with E-state index in [2.05, 4.69) is 10.3 Å². The number of amidine groups is 1. The molecule has 0 aliphatic heterocycles. The normalized spacial score (nSPS) is 10.8. The van der Waals surface area contributed by atoms with Crippen molar-refractivity contribution in [2.45, 2.75) is 10.6 Å². The third-order valence-corrected chi connectivity index (χ3v) is 6.53. The summed E-state index contributed by atoms with van der Waals surface area (Å²) in [4.78, 5) is 6.42. The van der Waals surface area contributed by atoms with Crippen LogP contribution in [0.2, 0.25) is 10.0 Å². The Morgan fingerprint density at radius 1 is 1.25 bits per heavy atom. The zero-order chi connectivity index (χ0) is 17.1. The number of nitrogens with one attached hydrogen (secondary N) is 2. The fraction of sp³-hybridized carbons (Fsp3) is 0.0667. The monoisotopic (exact) mass is 414 g/mol. The zero-order valence-corrected chi connectivity index (χ0v) is 16.1. The Labute approximate surface area is 161 Å². The maximum Gasteiger partial charge on any atom is 0.187 e. The van der Waals surface area contributed by atoms with Crippen molar-refractivity contribution < 1.29 is 0 Å². The molecular formula is C15H12Cl2N4S3. The highest BCUT2D eigenvalue weighted by molar-refractivity contribution is 7.98. The first kappa shape index (κ1) is 17.6. The molecule has 0 spiro atoms. The molecule has 0 saturated carbocycles. The molecule has 9 heteroatoms. The Bertz CT molecular complexity index is 855. The van der Waals surface area contributed by atoms with Gasteiger partial charge in [0.1, 0.15) is 5.84 Å². The number of aromatic nitrogens is 1. The highest BCUT2D eigenvalue weighted by Gasteiger charge is 2.09. The Kier molecular flexibility index (Phi) is 5.68. The lowest BCUT2D eigenvalue weighted by molar-refractivity contribution is 1.23. The van der Waals surface area contributed by atoms with Gasteiger partial charge >= 0.3 is 0 Å². The summed E-state index contributed by atoms with van der Waals surface area (Å²) in [5, 5.41) is 16.5. The number of thioether (sulfide) groups is 1. The van der Waals surface area contributed by atoms with Gasteiger partial charge in [0.2, 0.25) is 0 Å². The molecule has 0 fully saturated rings. The molecule has 0 unspecified atom stereocenters. The molecule has 3 aromatic rings. The number of nitrogens with zero attached hydrogens (tertiary/aromatic N) is 1. The molecule has 24 heavy (non-hydrogen) atoms. The second kappa shape index (κ2) is 7.76. The van der Waals surface area contributed by atoms with Crippen molar-refractivity contribution in [3.05, 3.63) is 55.6 Å². The van der Waals surface area contributed by atoms with Gasteiger partial charge in [-0.1, -0.05) is 29.3 Å². The minimum absolute atomic E-state index is 0.101. The summed E-state index contributed by atoms with van der Waals surface area (Å²) in [5.41, 5.74) is 7.11. The molecule has 2 heterocycles. The van der Waals surface area contributed by atoms with Gasteiger partial charge in [0.05, 0.1) is 26.3 Å². The number of nitrogens with two attached hydrogens (primary N) is 1. The van der Waals surface area contributed by atoms with E-state index in [0.717, 1.165) is 26.4 Å². The van der Waals surface area contributed by atoms with Crippen molar-refractivity contribution in [3.8, 4) is 0 Å². The van der Waals surface area contributed by atoms with Crippen LogP contribution in [0.3, 0.4) is 0 Å². The molecule has 2 aromatic heterocycles. The average molecular weight is 415 g/mol. The quantitative estimate of drug-likeness (QED) is 0.269. The second-order valence-corrected chi connectivity index (χ2v) is 8.35. The third-order valence-electron chi connectivity index (χ3n) is 2.97. The largest absolute Gasteiger partial charge is 0.383 e. The fourth-order valence-corrected chi connectivity index (χ4v) is 4.95. The van der Waals surface area contributed by atoms with E-state index in [1.807, 2.05) is 16.8 Å². The maximum absolute atomic E-state index is 7.43. The van der Waals surface area contributed by atoms with Crippen LogP contribution in [-0.2, 0) is 5.75 Å². The fourth-order valence-electron chi connectivity index (χ4n) is 1.85. The molecule has 3 rings (SSSR count). The predicted molar refractivity (Wildman–Crippen MR) is 107 cm³/mol. The van der Waals surface area contributed by atoms with E-state index < -0.39 is 0 Å². The van der Waals surface area contributed by atoms with E-state index in [-0.39, 0.29) is 5.84 Å². The molecule has 4 nitrogen and oxygen atoms in total. The van der Waals surface area contributed by atoms with E-state index in [4.69, 9.17) is 34.3 Å². The number of halogens is 2. The summed E-state index contributed by atoms with van der Waals surface area (Å²) in [6, 6.07) is 7.29. The second-order valence-electron chi connectivity index (χ2n) is 4.71. The Hall–Kier alpha value is -1.25. The van der Waals surface area contributed by atoms with Gasteiger partial charge in [-0.15, -0.1) is 34.4 Å². The first-order valence-electron chi connectivity index (χ1n) is 6.74. The average Bonchev–Trinajstić information content (AvgIpc) is 3.18. The van der Waals surface area contributed by atoms with Gasteiger partial charge in [0.25, 0.3) is 0 Å². The Morgan fingerprint density at radius 2 is 2.00 bits per heavy atom. The molecule has 0 bridgehead atoms. The summed E-state index contributed by atoms with van der Waals surface area (Å²) >= 11 is 16.9. The van der Waals surface area contributed by atoms with E-state index >= 15 is 0 Å². The minimum atomic E-state index is 0.101. The van der Waals surface area contributed by atoms with Gasteiger partial charge in [-0.2, -0.15) is 0 Å². The molecule has 0 aliphatic carbocycles. The van der Waals surface area contributed by atoms with Crippen LogP contribution in [0, 0.1) is 5.41 Å². The molecule has 4 N–H and O–H groups in total. The molecule has 0 aliphatic rings. The molecule has 0 radical (unpaired) electrons. The first-order chi connectivity index (χ1) is 11.5. The lowest BCUT2D eigenvalue weighted by Crippen LogP contribution is -2.08. The minimum Gasteiger partial charge on any atom is -0.383 e. The van der Waals surface area contributed by atoms with Gasteiger partial charge in [-0.05, 0) is 18.2 Å². The highest BCUT2D eigenvalue weighted by atomic mass is 35.5. The number of benzene rings is 1. The van der Waals surface area contributed by atoms with E-state index in [1.54, 1.807) is 30.0 Å². The number of thiazole rings is 1. The lowest BCUT2D eigenvalue weighted by Gasteiger charge is -2.06. The van der Waals surface area contributed by atoms with Crippen molar-refractivity contribution in [3.63, 3.8) is 0 Å². The standard InChI is InChI=1S/C15H12Cl2N4S3/c16-10-2-1-3-11(17)13(10)21-15-20-8(6-24-15)5-22-9-4-12(14(18)19)23-7-9/h1-4,6-7H,5H2,(H3,18,19)(H,20,21). The van der Waals surface area contributed by atoms with E-state index in [0.29, 0.717) is 15.7 Å². The summed E-state index contributed by atoms with van der Waals surface area (Å²) < 4.78 is 0. The molecule has 124 valence electrons. The van der Waals surface area contributed by atoms with Crippen molar-refractivity contribution >= 4 is 74.3 Å². The van der Waals surface area contributed by atoms with Crippen LogP contribution in [0.5, 0.6) is 0 Å². The number of hydrogen-bond acceptors (Lipinski definition) is 6. The summed E-state index contributed by atoms with van der Waals surface area (Å²) in [5.74, 6) is 0.839. The molecule has 1 aromatic carbocycles. The van der Waals surface area contributed by atoms with Gasteiger partial charge in [0.15, 0.2) is 5.13 Å². The van der Waals surface area contributed by atoms with Crippen molar-refractivity contribution in [1.29, 1.82) is 5.41 Å². The van der Waals surface area contributed by atoms with Crippen LogP contribution in [0.15, 0.2) is 39.9 Å². The zero-order valence-electron chi connectivity index (χ0n) is 12.2. The first-order valence-corrected chi connectivity index (χ1v) is 10.2. The molecule has 0 saturated heterocycles. The number of para-hydroxylation sites is 1. The van der Waals surface area contributed by atoms with E-state index in [9.17, 15) is 0 Å². The van der Waals surface area contributed by atoms with Gasteiger partial charge in [-0.25, -0.2) is 4.98 Å². The van der Waals surface area contributed by atoms with Crippen LogP contribution >= 0.6 is 57.6 Å². The van der Waals surface area contributed by atoms with E-state index in [1.165, 1.54) is 22.7 Å². The highest BCUT2D eigenvalue weighted by Crippen LogP contribution is 2.34. The number of anilines is 2. The number of nitrogen functional groups attached to an aromatic ring is 1. The number of hydrogen-bond donors (Lipinski definition) is 3.